The van der Waals surface area contributed by atoms with E-state index in [2.05, 4.69) is 40.8 Å². The Morgan fingerprint density at radius 3 is 2.84 bits per heavy atom. The van der Waals surface area contributed by atoms with Crippen LogP contribution >= 0.6 is 0 Å². The Bertz CT molecular complexity index is 546. The second-order valence-electron chi connectivity index (χ2n) is 5.13. The summed E-state index contributed by atoms with van der Waals surface area (Å²) in [5.74, 6) is 0.882. The number of nitrogens with one attached hydrogen (secondary N) is 1. The van der Waals surface area contributed by atoms with Crippen molar-refractivity contribution >= 4 is 0 Å². The normalized spacial score (nSPS) is 11.6. The molecule has 0 aliphatic heterocycles. The first-order chi connectivity index (χ1) is 9.06. The van der Waals surface area contributed by atoms with Crippen LogP contribution in [-0.4, -0.2) is 23.7 Å². The quantitative estimate of drug-likeness (QED) is 0.896. The first-order valence-corrected chi connectivity index (χ1v) is 6.39. The van der Waals surface area contributed by atoms with Crippen molar-refractivity contribution in [1.82, 2.24) is 14.9 Å². The predicted octanol–water partition coefficient (Wildman–Crippen LogP) is 2.39. The number of aromatic nitrogens is 2. The van der Waals surface area contributed by atoms with E-state index in [0.717, 1.165) is 18.0 Å². The molecule has 19 heavy (non-hydrogen) atoms. The van der Waals surface area contributed by atoms with E-state index in [1.807, 2.05) is 31.7 Å². The number of imidazole rings is 1. The lowest BCUT2D eigenvalue weighted by Gasteiger charge is -2.25. The van der Waals surface area contributed by atoms with E-state index in [1.165, 1.54) is 5.56 Å². The van der Waals surface area contributed by atoms with Crippen LogP contribution in [0.15, 0.2) is 36.8 Å². The van der Waals surface area contributed by atoms with Gasteiger partial charge in [0.25, 0.3) is 0 Å². The molecule has 1 N–H and O–H groups in total. The van der Waals surface area contributed by atoms with Crippen LogP contribution in [0.25, 0.3) is 0 Å². The van der Waals surface area contributed by atoms with Crippen molar-refractivity contribution in [2.24, 2.45) is 0 Å². The standard InChI is InChI=1S/C15H21N3O/c1-15(2,16-3)14-9-17-11-18(14)10-12-6-5-7-13(8-12)19-4/h5-9,11,16H,10H2,1-4H3. The molecule has 102 valence electrons. The number of rotatable bonds is 5. The van der Waals surface area contributed by atoms with Gasteiger partial charge >= 0.3 is 0 Å². The van der Waals surface area contributed by atoms with Crippen LogP contribution in [0.2, 0.25) is 0 Å². The summed E-state index contributed by atoms with van der Waals surface area (Å²) in [4.78, 5) is 4.27. The fraction of sp³-hybridized carbons (Fsp3) is 0.400. The molecule has 0 atom stereocenters. The first kappa shape index (κ1) is 13.6. The number of hydrogen-bond donors (Lipinski definition) is 1. The SMILES string of the molecule is CNC(C)(C)c1cncn1Cc1cccc(OC)c1. The summed E-state index contributed by atoms with van der Waals surface area (Å²) in [6.07, 6.45) is 3.78. The number of ether oxygens (including phenoxy) is 1. The van der Waals surface area contributed by atoms with E-state index >= 15 is 0 Å². The number of hydrogen-bond acceptors (Lipinski definition) is 3. The van der Waals surface area contributed by atoms with Crippen molar-refractivity contribution in [3.63, 3.8) is 0 Å². The maximum absolute atomic E-state index is 5.26. The Morgan fingerprint density at radius 1 is 1.37 bits per heavy atom. The van der Waals surface area contributed by atoms with Crippen LogP contribution in [0.4, 0.5) is 0 Å². The second-order valence-corrected chi connectivity index (χ2v) is 5.13. The van der Waals surface area contributed by atoms with Crippen molar-refractivity contribution in [2.75, 3.05) is 14.2 Å². The molecule has 0 radical (unpaired) electrons. The van der Waals surface area contributed by atoms with Gasteiger partial charge < -0.3 is 14.6 Å². The number of methoxy groups -OCH3 is 1. The zero-order chi connectivity index (χ0) is 13.9. The molecular formula is C15H21N3O. The van der Waals surface area contributed by atoms with E-state index in [4.69, 9.17) is 4.74 Å². The van der Waals surface area contributed by atoms with Gasteiger partial charge in [0.15, 0.2) is 0 Å². The molecule has 1 aromatic heterocycles. The van der Waals surface area contributed by atoms with Gasteiger partial charge in [0.1, 0.15) is 5.75 Å². The predicted molar refractivity (Wildman–Crippen MR) is 76.4 cm³/mol. The smallest absolute Gasteiger partial charge is 0.119 e. The average molecular weight is 259 g/mol. The van der Waals surface area contributed by atoms with Crippen molar-refractivity contribution in [3.05, 3.63) is 48.0 Å². The molecule has 2 aromatic rings. The van der Waals surface area contributed by atoms with Gasteiger partial charge in [0.05, 0.1) is 30.9 Å². The van der Waals surface area contributed by atoms with Crippen LogP contribution in [-0.2, 0) is 12.1 Å². The summed E-state index contributed by atoms with van der Waals surface area (Å²) < 4.78 is 7.41. The highest BCUT2D eigenvalue weighted by molar-refractivity contribution is 5.29. The molecule has 0 aliphatic rings. The topological polar surface area (TPSA) is 39.1 Å². The maximum atomic E-state index is 5.26. The van der Waals surface area contributed by atoms with Crippen molar-refractivity contribution in [1.29, 1.82) is 0 Å². The Morgan fingerprint density at radius 2 is 2.16 bits per heavy atom. The highest BCUT2D eigenvalue weighted by atomic mass is 16.5. The van der Waals surface area contributed by atoms with Crippen molar-refractivity contribution in [3.8, 4) is 5.75 Å². The van der Waals surface area contributed by atoms with Crippen molar-refractivity contribution < 1.29 is 4.74 Å². The highest BCUT2D eigenvalue weighted by Crippen LogP contribution is 2.21. The molecular weight excluding hydrogens is 238 g/mol. The minimum absolute atomic E-state index is 0.102. The van der Waals surface area contributed by atoms with Gasteiger partial charge in [0.2, 0.25) is 0 Å². The Labute approximate surface area is 114 Å². The maximum Gasteiger partial charge on any atom is 0.119 e. The number of nitrogens with zero attached hydrogens (tertiary/aromatic N) is 2. The molecule has 0 spiro atoms. The van der Waals surface area contributed by atoms with E-state index < -0.39 is 0 Å². The Hall–Kier alpha value is -1.81. The van der Waals surface area contributed by atoms with E-state index in [9.17, 15) is 0 Å². The van der Waals surface area contributed by atoms with Gasteiger partial charge in [-0.25, -0.2) is 4.98 Å². The summed E-state index contributed by atoms with van der Waals surface area (Å²) in [6.45, 7) is 5.08. The zero-order valence-corrected chi connectivity index (χ0v) is 12.0. The first-order valence-electron chi connectivity index (χ1n) is 6.39. The largest absolute Gasteiger partial charge is 0.497 e. The van der Waals surface area contributed by atoms with Crippen molar-refractivity contribution in [2.45, 2.75) is 25.9 Å². The summed E-state index contributed by atoms with van der Waals surface area (Å²) in [5, 5.41) is 3.31. The molecule has 0 unspecified atom stereocenters. The monoisotopic (exact) mass is 259 g/mol. The minimum Gasteiger partial charge on any atom is -0.497 e. The Balaban J connectivity index is 2.26. The fourth-order valence-corrected chi connectivity index (χ4v) is 2.06. The lowest BCUT2D eigenvalue weighted by atomic mass is 10.0. The van der Waals surface area contributed by atoms with Gasteiger partial charge in [-0.2, -0.15) is 0 Å². The van der Waals surface area contributed by atoms with Crippen LogP contribution < -0.4 is 10.1 Å². The summed E-state index contributed by atoms with van der Waals surface area (Å²) in [5.41, 5.74) is 2.26. The van der Waals surface area contributed by atoms with E-state index in [1.54, 1.807) is 7.11 Å². The Kier molecular flexibility index (Phi) is 3.90. The van der Waals surface area contributed by atoms with E-state index in [-0.39, 0.29) is 5.54 Å². The summed E-state index contributed by atoms with van der Waals surface area (Å²) in [7, 11) is 3.65. The molecule has 0 bridgehead atoms. The zero-order valence-electron chi connectivity index (χ0n) is 12.0. The molecule has 0 amide bonds. The average Bonchev–Trinajstić information content (AvgIpc) is 2.88. The molecule has 1 aromatic carbocycles. The molecule has 1 heterocycles. The van der Waals surface area contributed by atoms with Crippen LogP contribution in [0.5, 0.6) is 5.75 Å². The highest BCUT2D eigenvalue weighted by Gasteiger charge is 2.22. The van der Waals surface area contributed by atoms with Gasteiger partial charge in [-0.1, -0.05) is 12.1 Å². The summed E-state index contributed by atoms with van der Waals surface area (Å²) in [6, 6.07) is 8.11. The molecule has 0 saturated carbocycles. The summed E-state index contributed by atoms with van der Waals surface area (Å²) >= 11 is 0. The molecule has 0 aliphatic carbocycles. The number of benzene rings is 1. The molecule has 4 nitrogen and oxygen atoms in total. The van der Waals surface area contributed by atoms with E-state index in [0.29, 0.717) is 0 Å². The molecule has 4 heteroatoms. The van der Waals surface area contributed by atoms with Crippen LogP contribution in [0, 0.1) is 0 Å². The molecule has 0 saturated heterocycles. The lowest BCUT2D eigenvalue weighted by Crippen LogP contribution is -2.35. The molecule has 2 rings (SSSR count). The fourth-order valence-electron chi connectivity index (χ4n) is 2.06. The third kappa shape index (κ3) is 2.96. The van der Waals surface area contributed by atoms with Crippen LogP contribution in [0.3, 0.4) is 0 Å². The third-order valence-corrected chi connectivity index (χ3v) is 3.46. The lowest BCUT2D eigenvalue weighted by molar-refractivity contribution is 0.410. The van der Waals surface area contributed by atoms with Gasteiger partial charge in [-0.05, 0) is 38.6 Å². The van der Waals surface area contributed by atoms with Gasteiger partial charge in [-0.15, -0.1) is 0 Å². The second kappa shape index (κ2) is 5.45. The van der Waals surface area contributed by atoms with Gasteiger partial charge in [0, 0.05) is 6.54 Å². The minimum atomic E-state index is -0.102. The third-order valence-electron chi connectivity index (χ3n) is 3.46. The van der Waals surface area contributed by atoms with Gasteiger partial charge in [-0.3, -0.25) is 0 Å². The molecule has 0 fully saturated rings. The van der Waals surface area contributed by atoms with Crippen LogP contribution in [0.1, 0.15) is 25.1 Å².